The van der Waals surface area contributed by atoms with Crippen LogP contribution in [0, 0.1) is 0 Å². The molecule has 5 heteroatoms. The van der Waals surface area contributed by atoms with Gasteiger partial charge in [-0.25, -0.2) is 9.97 Å². The number of hydrogen-bond acceptors (Lipinski definition) is 4. The van der Waals surface area contributed by atoms with Gasteiger partial charge in [-0.05, 0) is 30.2 Å². The lowest BCUT2D eigenvalue weighted by Gasteiger charge is -2.29. The zero-order chi connectivity index (χ0) is 23.9. The van der Waals surface area contributed by atoms with E-state index >= 15 is 0 Å². The van der Waals surface area contributed by atoms with Crippen molar-refractivity contribution in [3.05, 3.63) is 115 Å². The number of anilines is 1. The summed E-state index contributed by atoms with van der Waals surface area (Å²) in [7, 11) is 1.81. The third-order valence-electron chi connectivity index (χ3n) is 5.78. The number of nitrogens with one attached hydrogen (secondary N) is 1. The van der Waals surface area contributed by atoms with Gasteiger partial charge < -0.3 is 10.2 Å². The minimum absolute atomic E-state index is 0.0618. The predicted octanol–water partition coefficient (Wildman–Crippen LogP) is 5.94. The zero-order valence-electron chi connectivity index (χ0n) is 19.5. The quantitative estimate of drug-likeness (QED) is 0.339. The number of amides is 1. The van der Waals surface area contributed by atoms with Crippen LogP contribution >= 0.6 is 0 Å². The number of carbonyl (C=O) groups is 1. The molecule has 0 fully saturated rings. The van der Waals surface area contributed by atoms with Crippen LogP contribution in [0.2, 0.25) is 0 Å². The number of nitrogens with zero attached hydrogens (tertiary/aromatic N) is 3. The van der Waals surface area contributed by atoms with Crippen molar-refractivity contribution in [2.24, 2.45) is 0 Å². The van der Waals surface area contributed by atoms with E-state index in [2.05, 4.69) is 21.9 Å². The fourth-order valence-corrected chi connectivity index (χ4v) is 3.91. The van der Waals surface area contributed by atoms with Crippen molar-refractivity contribution in [3.8, 4) is 22.4 Å². The van der Waals surface area contributed by atoms with Crippen LogP contribution in [0.5, 0.6) is 0 Å². The highest BCUT2D eigenvalue weighted by molar-refractivity contribution is 6.01. The molecule has 4 rings (SSSR count). The maximum absolute atomic E-state index is 13.6. The second-order valence-corrected chi connectivity index (χ2v) is 8.20. The van der Waals surface area contributed by atoms with Crippen molar-refractivity contribution < 1.29 is 4.79 Å². The van der Waals surface area contributed by atoms with Gasteiger partial charge in [0.1, 0.15) is 0 Å². The van der Waals surface area contributed by atoms with Gasteiger partial charge in [0.05, 0.1) is 11.7 Å². The third-order valence-corrected chi connectivity index (χ3v) is 5.78. The van der Waals surface area contributed by atoms with E-state index in [1.165, 1.54) is 0 Å². The topological polar surface area (TPSA) is 58.1 Å². The molecule has 3 aromatic carbocycles. The molecule has 170 valence electrons. The molecule has 0 saturated heterocycles. The molecule has 1 atom stereocenters. The van der Waals surface area contributed by atoms with Crippen molar-refractivity contribution in [1.82, 2.24) is 14.9 Å². The van der Waals surface area contributed by atoms with Crippen molar-refractivity contribution in [2.45, 2.75) is 13.0 Å². The van der Waals surface area contributed by atoms with Crippen LogP contribution < -0.4 is 5.32 Å². The Labute approximate surface area is 200 Å². The summed E-state index contributed by atoms with van der Waals surface area (Å²) in [4.78, 5) is 24.3. The molecule has 34 heavy (non-hydrogen) atoms. The first-order valence-corrected chi connectivity index (χ1v) is 11.2. The average Bonchev–Trinajstić information content (AvgIpc) is 2.89. The van der Waals surface area contributed by atoms with Gasteiger partial charge in [0.15, 0.2) is 0 Å². The number of benzene rings is 3. The summed E-state index contributed by atoms with van der Waals surface area (Å²) in [6, 6.07) is 29.3. The summed E-state index contributed by atoms with van der Waals surface area (Å²) < 4.78 is 0. The van der Waals surface area contributed by atoms with E-state index in [0.717, 1.165) is 28.0 Å². The Hall–Kier alpha value is -4.25. The normalized spacial score (nSPS) is 11.5. The van der Waals surface area contributed by atoms with Gasteiger partial charge in [0, 0.05) is 30.9 Å². The maximum atomic E-state index is 13.6. The number of rotatable bonds is 8. The molecule has 1 heterocycles. The van der Waals surface area contributed by atoms with Gasteiger partial charge in [-0.1, -0.05) is 91.0 Å². The van der Waals surface area contributed by atoms with E-state index in [0.29, 0.717) is 18.1 Å². The van der Waals surface area contributed by atoms with E-state index in [4.69, 9.17) is 0 Å². The summed E-state index contributed by atoms with van der Waals surface area (Å²) in [5.41, 5.74) is 5.31. The standard InChI is InChI=1S/C29H28N4O/c1-21(2)27(20-31-29-30-19-18-26(32-29)23-14-8-5-9-15-23)33(3)28(34)25-17-11-10-16-24(25)22-12-6-4-7-13-22/h4-19,27H,1,20H2,2-3H3,(H,30,31,32)/t27-/m1/s1. The summed E-state index contributed by atoms with van der Waals surface area (Å²) in [6.07, 6.45) is 1.73. The SMILES string of the molecule is C=C(C)[C@@H](CNc1nccc(-c2ccccc2)n1)N(C)C(=O)c1ccccc1-c1ccccc1. The summed E-state index contributed by atoms with van der Waals surface area (Å²) in [5.74, 6) is 0.450. The van der Waals surface area contributed by atoms with Crippen LogP contribution in [0.4, 0.5) is 5.95 Å². The van der Waals surface area contributed by atoms with Crippen molar-refractivity contribution >= 4 is 11.9 Å². The monoisotopic (exact) mass is 448 g/mol. The van der Waals surface area contributed by atoms with Crippen molar-refractivity contribution in [2.75, 3.05) is 18.9 Å². The molecular formula is C29H28N4O. The van der Waals surface area contributed by atoms with Crippen LogP contribution in [0.3, 0.4) is 0 Å². The van der Waals surface area contributed by atoms with E-state index in [1.807, 2.05) is 105 Å². The fourth-order valence-electron chi connectivity index (χ4n) is 3.91. The van der Waals surface area contributed by atoms with Crippen LogP contribution in [-0.2, 0) is 0 Å². The third kappa shape index (κ3) is 5.21. The average molecular weight is 449 g/mol. The van der Waals surface area contributed by atoms with Crippen LogP contribution in [0.1, 0.15) is 17.3 Å². The molecule has 0 radical (unpaired) electrons. The van der Waals surface area contributed by atoms with Crippen molar-refractivity contribution in [1.29, 1.82) is 0 Å². The molecule has 0 saturated carbocycles. The molecule has 0 spiro atoms. The Kier molecular flexibility index (Phi) is 7.13. The Balaban J connectivity index is 1.53. The summed E-state index contributed by atoms with van der Waals surface area (Å²) in [5, 5.41) is 3.29. The lowest BCUT2D eigenvalue weighted by Crippen LogP contribution is -2.42. The molecule has 0 aliphatic heterocycles. The lowest BCUT2D eigenvalue weighted by atomic mass is 9.98. The molecule has 4 aromatic rings. The van der Waals surface area contributed by atoms with E-state index in [-0.39, 0.29) is 11.9 Å². The Morgan fingerprint density at radius 3 is 2.21 bits per heavy atom. The van der Waals surface area contributed by atoms with Gasteiger partial charge in [0.25, 0.3) is 5.91 Å². The molecule has 0 aliphatic rings. The maximum Gasteiger partial charge on any atom is 0.254 e. The van der Waals surface area contributed by atoms with Crippen LogP contribution in [0.25, 0.3) is 22.4 Å². The van der Waals surface area contributed by atoms with Crippen LogP contribution in [0.15, 0.2) is 109 Å². The predicted molar refractivity (Wildman–Crippen MR) is 139 cm³/mol. The molecule has 0 aliphatic carbocycles. The van der Waals surface area contributed by atoms with E-state index in [9.17, 15) is 4.79 Å². The number of likely N-dealkylation sites (N-methyl/N-ethyl adjacent to an activating group) is 1. The highest BCUT2D eigenvalue weighted by atomic mass is 16.2. The second kappa shape index (κ2) is 10.6. The molecule has 0 bridgehead atoms. The molecule has 5 nitrogen and oxygen atoms in total. The van der Waals surface area contributed by atoms with Gasteiger partial charge in [-0.15, -0.1) is 0 Å². The van der Waals surface area contributed by atoms with E-state index < -0.39 is 0 Å². The molecule has 0 unspecified atom stereocenters. The Morgan fingerprint density at radius 2 is 1.53 bits per heavy atom. The number of hydrogen-bond donors (Lipinski definition) is 1. The van der Waals surface area contributed by atoms with Gasteiger partial charge >= 0.3 is 0 Å². The molecule has 1 N–H and O–H groups in total. The smallest absolute Gasteiger partial charge is 0.254 e. The summed E-state index contributed by atoms with van der Waals surface area (Å²) >= 11 is 0. The van der Waals surface area contributed by atoms with Gasteiger partial charge in [-0.3, -0.25) is 4.79 Å². The highest BCUT2D eigenvalue weighted by Crippen LogP contribution is 2.25. The first kappa shape index (κ1) is 22.9. The van der Waals surface area contributed by atoms with Crippen molar-refractivity contribution in [3.63, 3.8) is 0 Å². The summed E-state index contributed by atoms with van der Waals surface area (Å²) in [6.45, 7) is 6.51. The minimum atomic E-state index is -0.236. The number of aromatic nitrogens is 2. The second-order valence-electron chi connectivity index (χ2n) is 8.20. The van der Waals surface area contributed by atoms with Gasteiger partial charge in [-0.2, -0.15) is 0 Å². The minimum Gasteiger partial charge on any atom is -0.352 e. The van der Waals surface area contributed by atoms with Gasteiger partial charge in [0.2, 0.25) is 5.95 Å². The number of carbonyl (C=O) groups excluding carboxylic acids is 1. The largest absolute Gasteiger partial charge is 0.352 e. The first-order valence-electron chi connectivity index (χ1n) is 11.2. The van der Waals surface area contributed by atoms with E-state index in [1.54, 1.807) is 11.1 Å². The molecular weight excluding hydrogens is 420 g/mol. The first-order chi connectivity index (χ1) is 16.5. The van der Waals surface area contributed by atoms with Crippen LogP contribution in [-0.4, -0.2) is 40.4 Å². The highest BCUT2D eigenvalue weighted by Gasteiger charge is 2.24. The lowest BCUT2D eigenvalue weighted by molar-refractivity contribution is 0.0761. The Bertz CT molecular complexity index is 1270. The molecule has 1 amide bonds. The zero-order valence-corrected chi connectivity index (χ0v) is 19.5. The Morgan fingerprint density at radius 1 is 0.912 bits per heavy atom. The molecule has 1 aromatic heterocycles. The fraction of sp³-hybridized carbons (Fsp3) is 0.138.